The van der Waals surface area contributed by atoms with E-state index in [0.29, 0.717) is 29.7 Å². The lowest BCUT2D eigenvalue weighted by atomic mass is 9.96. The number of hydrogen-bond acceptors (Lipinski definition) is 5. The second-order valence-electron chi connectivity index (χ2n) is 7.77. The van der Waals surface area contributed by atoms with E-state index < -0.39 is 17.3 Å². The zero-order valence-corrected chi connectivity index (χ0v) is 17.4. The molecule has 0 spiro atoms. The van der Waals surface area contributed by atoms with Crippen molar-refractivity contribution in [1.82, 2.24) is 15.0 Å². The second-order valence-corrected chi connectivity index (χ2v) is 7.77. The number of phenols is 1. The minimum absolute atomic E-state index is 0.0650. The molecule has 0 saturated carbocycles. The standard InChI is InChI=1S/C25H18F2N4O2/c1-2-16-19(26)8-7-14-11-15(32)12-17(20(14)16)22-21(27)23-18(13-28-22)24(30-25(33)29-23)31-9-5-3-4-6-10-31/h1,3-4,7-8,11-13,32H,5-6,9-10H2,(H,29,30,33). The van der Waals surface area contributed by atoms with E-state index in [9.17, 15) is 14.3 Å². The first kappa shape index (κ1) is 20.6. The van der Waals surface area contributed by atoms with Crippen LogP contribution in [-0.4, -0.2) is 33.1 Å². The summed E-state index contributed by atoms with van der Waals surface area (Å²) >= 11 is 0. The molecule has 33 heavy (non-hydrogen) atoms. The minimum Gasteiger partial charge on any atom is -0.508 e. The molecule has 6 nitrogen and oxygen atoms in total. The summed E-state index contributed by atoms with van der Waals surface area (Å²) in [4.78, 5) is 25.1. The number of terminal acetylenes is 1. The van der Waals surface area contributed by atoms with Gasteiger partial charge < -0.3 is 15.0 Å². The van der Waals surface area contributed by atoms with Crippen molar-refractivity contribution in [2.45, 2.75) is 12.8 Å². The molecule has 0 fully saturated rings. The third-order valence-corrected chi connectivity index (χ3v) is 5.75. The zero-order valence-electron chi connectivity index (χ0n) is 17.4. The number of hydrogen-bond donors (Lipinski definition) is 2. The quantitative estimate of drug-likeness (QED) is 0.357. The van der Waals surface area contributed by atoms with Gasteiger partial charge in [-0.3, -0.25) is 4.98 Å². The minimum atomic E-state index is -0.819. The van der Waals surface area contributed by atoms with Gasteiger partial charge in [0.2, 0.25) is 0 Å². The summed E-state index contributed by atoms with van der Waals surface area (Å²) in [7, 11) is 0. The topological polar surface area (TPSA) is 82.1 Å². The number of rotatable bonds is 2. The van der Waals surface area contributed by atoms with Crippen molar-refractivity contribution in [3.8, 4) is 29.4 Å². The summed E-state index contributed by atoms with van der Waals surface area (Å²) in [5.74, 6) is 1.03. The molecule has 0 aliphatic carbocycles. The Kier molecular flexibility index (Phi) is 5.02. The number of pyridine rings is 1. The van der Waals surface area contributed by atoms with Crippen molar-refractivity contribution < 1.29 is 13.9 Å². The SMILES string of the molecule is C#Cc1c(F)ccc2cc(O)cc(-c3ncc4c(N5CCC=CCC5)nc(=O)[nH]c4c3F)c12. The predicted octanol–water partition coefficient (Wildman–Crippen LogP) is 4.26. The summed E-state index contributed by atoms with van der Waals surface area (Å²) < 4.78 is 30.3. The van der Waals surface area contributed by atoms with Crippen molar-refractivity contribution in [3.63, 3.8) is 0 Å². The van der Waals surface area contributed by atoms with Crippen LogP contribution in [0.4, 0.5) is 14.6 Å². The third kappa shape index (κ3) is 3.48. The number of H-pyrrole nitrogens is 1. The highest BCUT2D eigenvalue weighted by atomic mass is 19.1. The van der Waals surface area contributed by atoms with Crippen LogP contribution in [0.15, 0.2) is 47.4 Å². The van der Waals surface area contributed by atoms with Gasteiger partial charge >= 0.3 is 5.69 Å². The van der Waals surface area contributed by atoms with Gasteiger partial charge in [-0.2, -0.15) is 4.98 Å². The Morgan fingerprint density at radius 2 is 1.91 bits per heavy atom. The molecule has 2 aromatic carbocycles. The fourth-order valence-corrected chi connectivity index (χ4v) is 4.27. The summed E-state index contributed by atoms with van der Waals surface area (Å²) in [5.41, 5.74) is -0.875. The molecule has 0 bridgehead atoms. The Balaban J connectivity index is 1.79. The smallest absolute Gasteiger partial charge is 0.347 e. The number of aromatic hydroxyl groups is 1. The highest BCUT2D eigenvalue weighted by Crippen LogP contribution is 2.37. The molecular formula is C25H18F2N4O2. The van der Waals surface area contributed by atoms with Crippen LogP contribution in [0.2, 0.25) is 0 Å². The molecule has 3 heterocycles. The molecule has 1 aliphatic heterocycles. The summed E-state index contributed by atoms with van der Waals surface area (Å²) in [6, 6.07) is 5.33. The summed E-state index contributed by atoms with van der Waals surface area (Å²) in [6.07, 6.45) is 12.6. The Morgan fingerprint density at radius 3 is 2.64 bits per heavy atom. The fourth-order valence-electron chi connectivity index (χ4n) is 4.27. The predicted molar refractivity (Wildman–Crippen MR) is 123 cm³/mol. The Bertz CT molecular complexity index is 1540. The van der Waals surface area contributed by atoms with Gasteiger partial charge in [-0.25, -0.2) is 13.6 Å². The van der Waals surface area contributed by atoms with Crippen LogP contribution in [0, 0.1) is 24.0 Å². The average Bonchev–Trinajstić information content (AvgIpc) is 3.08. The first-order chi connectivity index (χ1) is 16.0. The molecule has 0 amide bonds. The lowest BCUT2D eigenvalue weighted by Gasteiger charge is -2.22. The molecule has 0 atom stereocenters. The van der Waals surface area contributed by atoms with Gasteiger partial charge in [0.15, 0.2) is 5.82 Å². The molecular weight excluding hydrogens is 426 g/mol. The van der Waals surface area contributed by atoms with E-state index in [4.69, 9.17) is 6.42 Å². The molecule has 0 saturated heterocycles. The monoisotopic (exact) mass is 444 g/mol. The summed E-state index contributed by atoms with van der Waals surface area (Å²) in [5, 5.41) is 11.2. The van der Waals surface area contributed by atoms with Crippen LogP contribution in [-0.2, 0) is 0 Å². The molecule has 4 aromatic rings. The van der Waals surface area contributed by atoms with Gasteiger partial charge in [-0.1, -0.05) is 24.1 Å². The van der Waals surface area contributed by atoms with Crippen LogP contribution in [0.1, 0.15) is 18.4 Å². The van der Waals surface area contributed by atoms with Gasteiger partial charge in [-0.15, -0.1) is 6.42 Å². The summed E-state index contributed by atoms with van der Waals surface area (Å²) in [6.45, 7) is 1.26. The maximum atomic E-state index is 15.8. The van der Waals surface area contributed by atoms with E-state index in [1.165, 1.54) is 30.5 Å². The number of phenolic OH excluding ortho intramolecular Hbond substituents is 1. The number of nitrogens with zero attached hydrogens (tertiary/aromatic N) is 3. The van der Waals surface area contributed by atoms with Crippen LogP contribution in [0.3, 0.4) is 0 Å². The number of aromatic nitrogens is 3. The highest BCUT2D eigenvalue weighted by Gasteiger charge is 2.22. The molecule has 8 heteroatoms. The van der Waals surface area contributed by atoms with E-state index in [1.54, 1.807) is 0 Å². The van der Waals surface area contributed by atoms with Crippen molar-refractivity contribution in [1.29, 1.82) is 0 Å². The average molecular weight is 444 g/mol. The fraction of sp³-hybridized carbons (Fsp3) is 0.160. The number of benzene rings is 2. The van der Waals surface area contributed by atoms with Gasteiger partial charge in [0, 0.05) is 30.2 Å². The van der Waals surface area contributed by atoms with Gasteiger partial charge in [0.05, 0.1) is 16.5 Å². The molecule has 1 aliphatic rings. The first-order valence-corrected chi connectivity index (χ1v) is 10.4. The van der Waals surface area contributed by atoms with E-state index in [2.05, 4.69) is 33.0 Å². The molecule has 2 aromatic heterocycles. The van der Waals surface area contributed by atoms with E-state index in [0.717, 1.165) is 12.8 Å². The third-order valence-electron chi connectivity index (χ3n) is 5.75. The van der Waals surface area contributed by atoms with Gasteiger partial charge in [0.25, 0.3) is 0 Å². The Morgan fingerprint density at radius 1 is 1.15 bits per heavy atom. The maximum absolute atomic E-state index is 15.8. The van der Waals surface area contributed by atoms with Crippen LogP contribution in [0.25, 0.3) is 32.9 Å². The van der Waals surface area contributed by atoms with Crippen molar-refractivity contribution in [3.05, 3.63) is 70.3 Å². The number of aromatic amines is 1. The highest BCUT2D eigenvalue weighted by molar-refractivity contribution is 6.02. The van der Waals surface area contributed by atoms with E-state index in [-0.39, 0.29) is 33.5 Å². The van der Waals surface area contributed by atoms with Crippen molar-refractivity contribution in [2.24, 2.45) is 0 Å². The number of anilines is 1. The number of nitrogens with one attached hydrogen (secondary N) is 1. The zero-order chi connectivity index (χ0) is 23.1. The lowest BCUT2D eigenvalue weighted by molar-refractivity contribution is 0.476. The number of fused-ring (bicyclic) bond motifs is 2. The Labute approximate surface area is 187 Å². The molecule has 2 N–H and O–H groups in total. The lowest BCUT2D eigenvalue weighted by Crippen LogP contribution is -2.28. The van der Waals surface area contributed by atoms with Gasteiger partial charge in [-0.05, 0) is 36.4 Å². The van der Waals surface area contributed by atoms with E-state index >= 15 is 4.39 Å². The van der Waals surface area contributed by atoms with Gasteiger partial charge in [0.1, 0.15) is 23.1 Å². The molecule has 0 unspecified atom stereocenters. The van der Waals surface area contributed by atoms with Crippen LogP contribution >= 0.6 is 0 Å². The van der Waals surface area contributed by atoms with Crippen LogP contribution < -0.4 is 10.6 Å². The Hall–Kier alpha value is -4.25. The largest absolute Gasteiger partial charge is 0.508 e. The van der Waals surface area contributed by atoms with Crippen LogP contribution in [0.5, 0.6) is 5.75 Å². The second kappa shape index (κ2) is 8.02. The maximum Gasteiger partial charge on any atom is 0.347 e. The molecule has 164 valence electrons. The van der Waals surface area contributed by atoms with Crippen molar-refractivity contribution in [2.75, 3.05) is 18.0 Å². The van der Waals surface area contributed by atoms with Crippen molar-refractivity contribution >= 4 is 27.5 Å². The first-order valence-electron chi connectivity index (χ1n) is 10.4. The number of halogens is 2. The van der Waals surface area contributed by atoms with E-state index in [1.807, 2.05) is 4.90 Å². The molecule has 5 rings (SSSR count). The molecule has 0 radical (unpaired) electrons. The normalized spacial score (nSPS) is 13.9.